The Balaban J connectivity index is 1.36. The first-order chi connectivity index (χ1) is 17.1. The first kappa shape index (κ1) is 24.0. The monoisotopic (exact) mass is 492 g/mol. The molecule has 3 heterocycles. The molecule has 2 aliphatic rings. The van der Waals surface area contributed by atoms with Gasteiger partial charge in [0, 0.05) is 37.4 Å². The summed E-state index contributed by atoms with van der Waals surface area (Å²) >= 11 is 0. The number of aromatic nitrogens is 2. The Morgan fingerprint density at radius 1 is 1.14 bits per heavy atom. The summed E-state index contributed by atoms with van der Waals surface area (Å²) in [6, 6.07) is 11.5. The van der Waals surface area contributed by atoms with Gasteiger partial charge in [0.2, 0.25) is 0 Å². The molecule has 8 nitrogen and oxygen atoms in total. The van der Waals surface area contributed by atoms with Gasteiger partial charge in [-0.25, -0.2) is 14.3 Å². The van der Waals surface area contributed by atoms with Crippen LogP contribution >= 0.6 is 0 Å². The van der Waals surface area contributed by atoms with Crippen LogP contribution in [0.1, 0.15) is 48.8 Å². The van der Waals surface area contributed by atoms with Crippen molar-refractivity contribution in [2.24, 2.45) is 5.92 Å². The molecule has 2 unspecified atom stereocenters. The maximum atomic E-state index is 14.9. The largest absolute Gasteiger partial charge is 0.444 e. The summed E-state index contributed by atoms with van der Waals surface area (Å²) in [4.78, 5) is 41.4. The number of hydrogen-bond donors (Lipinski definition) is 1. The lowest BCUT2D eigenvalue weighted by molar-refractivity contribution is 0.0268. The molecule has 2 aliphatic heterocycles. The molecule has 1 N–H and O–H groups in total. The Morgan fingerprint density at radius 3 is 2.64 bits per heavy atom. The van der Waals surface area contributed by atoms with E-state index in [9.17, 15) is 18.8 Å². The minimum Gasteiger partial charge on any atom is -0.444 e. The Kier molecular flexibility index (Phi) is 6.02. The molecule has 0 saturated carbocycles. The molecule has 9 heteroatoms. The van der Waals surface area contributed by atoms with E-state index < -0.39 is 17.5 Å². The number of carbonyl (C=O) groups is 2. The number of fused-ring (bicyclic) bond motifs is 2. The average Bonchev–Trinajstić information content (AvgIpc) is 3.42. The molecule has 2 amide bonds. The number of ether oxygens (including phenoxy) is 1. The van der Waals surface area contributed by atoms with Gasteiger partial charge in [-0.05, 0) is 51.0 Å². The fourth-order valence-electron chi connectivity index (χ4n) is 5.19. The van der Waals surface area contributed by atoms with E-state index in [1.165, 1.54) is 6.07 Å². The van der Waals surface area contributed by atoms with Crippen LogP contribution in [0.25, 0.3) is 10.8 Å². The fraction of sp³-hybridized carbons (Fsp3) is 0.407. The second-order valence-electron chi connectivity index (χ2n) is 10.5. The van der Waals surface area contributed by atoms with Crippen LogP contribution in [-0.2, 0) is 11.2 Å². The van der Waals surface area contributed by atoms with Gasteiger partial charge in [0.25, 0.3) is 11.5 Å². The van der Waals surface area contributed by atoms with Crippen LogP contribution in [0.15, 0.2) is 47.3 Å². The predicted octanol–water partition coefficient (Wildman–Crippen LogP) is 3.73. The van der Waals surface area contributed by atoms with Crippen molar-refractivity contribution in [3.8, 4) is 0 Å². The molecule has 2 aromatic carbocycles. The third-order valence-corrected chi connectivity index (χ3v) is 6.87. The Labute approximate surface area is 208 Å². The number of rotatable bonds is 3. The van der Waals surface area contributed by atoms with E-state index in [2.05, 4.69) is 10.2 Å². The minimum atomic E-state index is -0.597. The van der Waals surface area contributed by atoms with E-state index in [1.54, 1.807) is 34.1 Å². The van der Waals surface area contributed by atoms with E-state index in [-0.39, 0.29) is 29.0 Å². The molecule has 0 radical (unpaired) electrons. The van der Waals surface area contributed by atoms with Gasteiger partial charge in [-0.3, -0.25) is 9.59 Å². The van der Waals surface area contributed by atoms with Crippen LogP contribution < -0.4 is 5.56 Å². The van der Waals surface area contributed by atoms with Crippen LogP contribution in [0.5, 0.6) is 0 Å². The van der Waals surface area contributed by atoms with Crippen molar-refractivity contribution in [3.05, 3.63) is 75.5 Å². The molecule has 2 fully saturated rings. The molecule has 188 valence electrons. The average molecular weight is 493 g/mol. The third kappa shape index (κ3) is 4.57. The van der Waals surface area contributed by atoms with Crippen molar-refractivity contribution in [2.45, 2.75) is 45.3 Å². The van der Waals surface area contributed by atoms with Gasteiger partial charge < -0.3 is 14.5 Å². The lowest BCUT2D eigenvalue weighted by Crippen LogP contribution is -2.42. The lowest BCUT2D eigenvalue weighted by atomic mass is 10.0. The SMILES string of the molecule is CC(C)(C)OC(=O)N1CC2CCN(C(=O)c3cc(Cc4n[nH]c(=O)c5ccccc45)ccc3F)C2C1. The maximum absolute atomic E-state index is 14.9. The van der Waals surface area contributed by atoms with Gasteiger partial charge in [0.1, 0.15) is 11.4 Å². The number of likely N-dealkylation sites (tertiary alicyclic amines) is 2. The number of nitrogens with zero attached hydrogens (tertiary/aromatic N) is 3. The van der Waals surface area contributed by atoms with Crippen LogP contribution in [0, 0.1) is 11.7 Å². The second kappa shape index (κ2) is 9.04. The van der Waals surface area contributed by atoms with Gasteiger partial charge in [-0.2, -0.15) is 5.10 Å². The number of H-pyrrole nitrogens is 1. The topological polar surface area (TPSA) is 95.6 Å². The molecular weight excluding hydrogens is 463 g/mol. The highest BCUT2D eigenvalue weighted by Crippen LogP contribution is 2.34. The predicted molar refractivity (Wildman–Crippen MR) is 132 cm³/mol. The van der Waals surface area contributed by atoms with Crippen LogP contribution in [0.3, 0.4) is 0 Å². The van der Waals surface area contributed by atoms with E-state index in [1.807, 2.05) is 32.9 Å². The Hall–Kier alpha value is -3.75. The first-order valence-corrected chi connectivity index (χ1v) is 12.1. The van der Waals surface area contributed by atoms with Crippen molar-refractivity contribution in [1.29, 1.82) is 0 Å². The van der Waals surface area contributed by atoms with Crippen molar-refractivity contribution < 1.29 is 18.7 Å². The molecule has 2 atom stereocenters. The molecule has 36 heavy (non-hydrogen) atoms. The van der Waals surface area contributed by atoms with Crippen molar-refractivity contribution >= 4 is 22.8 Å². The molecular formula is C27H29FN4O4. The normalized spacial score (nSPS) is 19.6. The van der Waals surface area contributed by atoms with E-state index in [4.69, 9.17) is 4.74 Å². The van der Waals surface area contributed by atoms with E-state index in [0.29, 0.717) is 48.1 Å². The highest BCUT2D eigenvalue weighted by atomic mass is 19.1. The lowest BCUT2D eigenvalue weighted by Gasteiger charge is -2.27. The molecule has 5 rings (SSSR count). The number of amides is 2. The molecule has 0 aliphatic carbocycles. The summed E-state index contributed by atoms with van der Waals surface area (Å²) < 4.78 is 20.3. The van der Waals surface area contributed by atoms with E-state index in [0.717, 1.165) is 6.42 Å². The standard InChI is InChI=1S/C27H29FN4O4/c1-27(2,3)36-26(35)31-14-17-10-11-32(23(17)15-31)25(34)20-12-16(8-9-21(20)28)13-22-18-6-4-5-7-19(18)24(33)30-29-22/h4-9,12,17,23H,10-11,13-15H2,1-3H3,(H,30,33). The van der Waals surface area contributed by atoms with Crippen LogP contribution in [0.4, 0.5) is 9.18 Å². The van der Waals surface area contributed by atoms with Gasteiger partial charge in [0.05, 0.1) is 22.7 Å². The second-order valence-corrected chi connectivity index (χ2v) is 10.5. The van der Waals surface area contributed by atoms with Crippen molar-refractivity contribution in [3.63, 3.8) is 0 Å². The first-order valence-electron chi connectivity index (χ1n) is 12.1. The summed E-state index contributed by atoms with van der Waals surface area (Å²) in [5.74, 6) is -0.829. The quantitative estimate of drug-likeness (QED) is 0.601. The number of halogens is 1. The summed E-state index contributed by atoms with van der Waals surface area (Å²) in [5.41, 5.74) is 0.476. The zero-order chi connectivity index (χ0) is 25.6. The number of carbonyl (C=O) groups excluding carboxylic acids is 2. The number of nitrogens with one attached hydrogen (secondary N) is 1. The number of aromatic amines is 1. The van der Waals surface area contributed by atoms with Gasteiger partial charge in [0.15, 0.2) is 0 Å². The van der Waals surface area contributed by atoms with Gasteiger partial charge >= 0.3 is 6.09 Å². The molecule has 2 saturated heterocycles. The summed E-state index contributed by atoms with van der Waals surface area (Å²) in [5, 5.41) is 7.95. The smallest absolute Gasteiger partial charge is 0.410 e. The fourth-order valence-corrected chi connectivity index (χ4v) is 5.19. The zero-order valence-electron chi connectivity index (χ0n) is 20.6. The van der Waals surface area contributed by atoms with Crippen molar-refractivity contribution in [2.75, 3.05) is 19.6 Å². The molecule has 1 aromatic heterocycles. The highest BCUT2D eigenvalue weighted by Gasteiger charge is 2.46. The van der Waals surface area contributed by atoms with Gasteiger partial charge in [-0.1, -0.05) is 24.3 Å². The van der Waals surface area contributed by atoms with Crippen LogP contribution in [0.2, 0.25) is 0 Å². The Morgan fingerprint density at radius 2 is 1.89 bits per heavy atom. The number of benzene rings is 2. The number of hydrogen-bond acceptors (Lipinski definition) is 5. The zero-order valence-corrected chi connectivity index (χ0v) is 20.6. The summed E-state index contributed by atoms with van der Waals surface area (Å²) in [6.07, 6.45) is 0.693. The summed E-state index contributed by atoms with van der Waals surface area (Å²) in [7, 11) is 0. The molecule has 3 aromatic rings. The van der Waals surface area contributed by atoms with Crippen molar-refractivity contribution in [1.82, 2.24) is 20.0 Å². The van der Waals surface area contributed by atoms with Crippen LogP contribution in [-0.4, -0.2) is 63.3 Å². The molecule has 0 bridgehead atoms. The molecule has 0 spiro atoms. The maximum Gasteiger partial charge on any atom is 0.410 e. The third-order valence-electron chi connectivity index (χ3n) is 6.87. The van der Waals surface area contributed by atoms with E-state index >= 15 is 0 Å². The Bertz CT molecular complexity index is 1400. The highest BCUT2D eigenvalue weighted by molar-refractivity contribution is 5.95. The summed E-state index contributed by atoms with van der Waals surface area (Å²) in [6.45, 7) is 6.87. The van der Waals surface area contributed by atoms with Gasteiger partial charge in [-0.15, -0.1) is 0 Å². The minimum absolute atomic E-state index is 0.00222.